The molecule has 1 heterocycles. The number of rotatable bonds is 3. The lowest BCUT2D eigenvalue weighted by atomic mass is 10.4. The summed E-state index contributed by atoms with van der Waals surface area (Å²) in [7, 11) is 1.44. The van der Waals surface area contributed by atoms with E-state index in [0.717, 1.165) is 15.4 Å². The van der Waals surface area contributed by atoms with Crippen LogP contribution in [0, 0.1) is 0 Å². The average Bonchev–Trinajstić information content (AvgIpc) is 2.23. The zero-order valence-electron chi connectivity index (χ0n) is 9.43. The molecule has 0 atom stereocenters. The SMILES string of the molecule is CNC(=O)Cn1c(=O)cnn(C(C)C)c1=O. The molecule has 0 saturated heterocycles. The maximum Gasteiger partial charge on any atom is 0.348 e. The quantitative estimate of drug-likeness (QED) is 0.696. The van der Waals surface area contributed by atoms with Crippen molar-refractivity contribution in [3.8, 4) is 0 Å². The van der Waals surface area contributed by atoms with Gasteiger partial charge in [-0.25, -0.2) is 14.0 Å². The van der Waals surface area contributed by atoms with E-state index in [1.54, 1.807) is 13.8 Å². The van der Waals surface area contributed by atoms with Gasteiger partial charge in [-0.3, -0.25) is 9.59 Å². The molecule has 7 nitrogen and oxygen atoms in total. The molecule has 1 rings (SSSR count). The normalized spacial score (nSPS) is 10.5. The molecule has 0 bridgehead atoms. The van der Waals surface area contributed by atoms with Crippen molar-refractivity contribution in [1.29, 1.82) is 0 Å². The highest BCUT2D eigenvalue weighted by Gasteiger charge is 2.11. The second-order valence-electron chi connectivity index (χ2n) is 3.56. The molecule has 1 amide bonds. The van der Waals surface area contributed by atoms with Crippen LogP contribution in [-0.4, -0.2) is 27.3 Å². The van der Waals surface area contributed by atoms with E-state index < -0.39 is 17.2 Å². The summed E-state index contributed by atoms with van der Waals surface area (Å²) < 4.78 is 2.01. The number of nitrogens with one attached hydrogen (secondary N) is 1. The van der Waals surface area contributed by atoms with E-state index >= 15 is 0 Å². The first-order chi connectivity index (χ1) is 7.47. The van der Waals surface area contributed by atoms with Crippen LogP contribution in [0.15, 0.2) is 15.8 Å². The van der Waals surface area contributed by atoms with E-state index in [9.17, 15) is 14.4 Å². The van der Waals surface area contributed by atoms with Gasteiger partial charge in [0.1, 0.15) is 12.7 Å². The molecule has 1 aromatic heterocycles. The monoisotopic (exact) mass is 226 g/mol. The van der Waals surface area contributed by atoms with Gasteiger partial charge >= 0.3 is 5.69 Å². The minimum absolute atomic E-state index is 0.163. The molecule has 0 aliphatic rings. The van der Waals surface area contributed by atoms with Crippen LogP contribution in [0.2, 0.25) is 0 Å². The molecule has 1 aromatic rings. The number of likely N-dealkylation sites (N-methyl/N-ethyl adjacent to an activating group) is 1. The highest BCUT2D eigenvalue weighted by molar-refractivity contribution is 5.75. The number of hydrogen-bond acceptors (Lipinski definition) is 4. The van der Waals surface area contributed by atoms with Crippen molar-refractivity contribution in [2.45, 2.75) is 26.4 Å². The fourth-order valence-electron chi connectivity index (χ4n) is 1.17. The Hall–Kier alpha value is -1.92. The van der Waals surface area contributed by atoms with E-state index in [1.165, 1.54) is 7.05 Å². The van der Waals surface area contributed by atoms with E-state index in [0.29, 0.717) is 0 Å². The predicted octanol–water partition coefficient (Wildman–Crippen LogP) is -1.27. The van der Waals surface area contributed by atoms with Gasteiger partial charge in [-0.2, -0.15) is 5.10 Å². The average molecular weight is 226 g/mol. The van der Waals surface area contributed by atoms with Gasteiger partial charge in [-0.15, -0.1) is 0 Å². The third-order valence-electron chi connectivity index (χ3n) is 2.06. The molecule has 0 aromatic carbocycles. The molecule has 0 aliphatic heterocycles. The molecule has 0 saturated carbocycles. The van der Waals surface area contributed by atoms with E-state index in [2.05, 4.69) is 10.4 Å². The van der Waals surface area contributed by atoms with Gasteiger partial charge in [0.25, 0.3) is 5.56 Å². The van der Waals surface area contributed by atoms with Crippen molar-refractivity contribution in [3.63, 3.8) is 0 Å². The molecular weight excluding hydrogens is 212 g/mol. The van der Waals surface area contributed by atoms with Crippen LogP contribution in [0.1, 0.15) is 19.9 Å². The van der Waals surface area contributed by atoms with Crippen LogP contribution in [0.5, 0.6) is 0 Å². The Morgan fingerprint density at radius 2 is 2.12 bits per heavy atom. The number of hydrogen-bond donors (Lipinski definition) is 1. The Kier molecular flexibility index (Phi) is 3.60. The summed E-state index contributed by atoms with van der Waals surface area (Å²) in [5, 5.41) is 6.06. The van der Waals surface area contributed by atoms with Gasteiger partial charge in [0.05, 0.1) is 6.04 Å². The second-order valence-corrected chi connectivity index (χ2v) is 3.56. The molecule has 88 valence electrons. The van der Waals surface area contributed by atoms with Crippen LogP contribution in [-0.2, 0) is 11.3 Å². The van der Waals surface area contributed by atoms with Crippen molar-refractivity contribution < 1.29 is 4.79 Å². The Labute approximate surface area is 91.7 Å². The van der Waals surface area contributed by atoms with Crippen LogP contribution in [0.4, 0.5) is 0 Å². The molecule has 16 heavy (non-hydrogen) atoms. The van der Waals surface area contributed by atoms with E-state index in [-0.39, 0.29) is 12.6 Å². The zero-order valence-corrected chi connectivity index (χ0v) is 9.43. The predicted molar refractivity (Wildman–Crippen MR) is 57.2 cm³/mol. The van der Waals surface area contributed by atoms with Crippen molar-refractivity contribution in [2.75, 3.05) is 7.05 Å². The summed E-state index contributed by atoms with van der Waals surface area (Å²) >= 11 is 0. The molecule has 0 spiro atoms. The van der Waals surface area contributed by atoms with Crippen molar-refractivity contribution in [3.05, 3.63) is 27.0 Å². The lowest BCUT2D eigenvalue weighted by Gasteiger charge is -2.10. The third kappa shape index (κ3) is 2.36. The number of carbonyl (C=O) groups excluding carboxylic acids is 1. The third-order valence-corrected chi connectivity index (χ3v) is 2.06. The molecule has 1 N–H and O–H groups in total. The smallest absolute Gasteiger partial charge is 0.348 e. The van der Waals surface area contributed by atoms with E-state index in [1.807, 2.05) is 0 Å². The van der Waals surface area contributed by atoms with Gasteiger partial charge in [0, 0.05) is 7.05 Å². The van der Waals surface area contributed by atoms with Crippen molar-refractivity contribution >= 4 is 5.91 Å². The Balaban J connectivity index is 3.27. The molecule has 0 radical (unpaired) electrons. The number of aromatic nitrogens is 3. The van der Waals surface area contributed by atoms with Crippen LogP contribution >= 0.6 is 0 Å². The van der Waals surface area contributed by atoms with Gasteiger partial charge in [0.2, 0.25) is 5.91 Å². The standard InChI is InChI=1S/C9H14N4O3/c1-6(2)13-9(16)12(5-7(14)10-3)8(15)4-11-13/h4,6H,5H2,1-3H3,(H,10,14). The highest BCUT2D eigenvalue weighted by atomic mass is 16.2. The summed E-state index contributed by atoms with van der Waals surface area (Å²) in [6.07, 6.45) is 1.03. The Morgan fingerprint density at radius 1 is 1.50 bits per heavy atom. The minimum atomic E-state index is -0.578. The lowest BCUT2D eigenvalue weighted by molar-refractivity contribution is -0.121. The number of carbonyl (C=O) groups is 1. The van der Waals surface area contributed by atoms with Gasteiger partial charge < -0.3 is 5.32 Å². The molecular formula is C9H14N4O3. The van der Waals surface area contributed by atoms with Crippen LogP contribution < -0.4 is 16.6 Å². The molecule has 0 fully saturated rings. The number of amides is 1. The second kappa shape index (κ2) is 4.73. The summed E-state index contributed by atoms with van der Waals surface area (Å²) in [6, 6.07) is -0.163. The van der Waals surface area contributed by atoms with Crippen LogP contribution in [0.3, 0.4) is 0 Å². The highest BCUT2D eigenvalue weighted by Crippen LogP contribution is 1.93. The summed E-state index contributed by atoms with van der Waals surface area (Å²) in [5.74, 6) is -0.402. The van der Waals surface area contributed by atoms with Crippen molar-refractivity contribution in [2.24, 2.45) is 0 Å². The van der Waals surface area contributed by atoms with Crippen molar-refractivity contribution in [1.82, 2.24) is 19.7 Å². The number of nitrogens with zero attached hydrogens (tertiary/aromatic N) is 3. The minimum Gasteiger partial charge on any atom is -0.358 e. The first-order valence-corrected chi connectivity index (χ1v) is 4.86. The molecule has 0 unspecified atom stereocenters. The first-order valence-electron chi connectivity index (χ1n) is 4.86. The zero-order chi connectivity index (χ0) is 12.3. The fourth-order valence-corrected chi connectivity index (χ4v) is 1.17. The largest absolute Gasteiger partial charge is 0.358 e. The molecule has 0 aliphatic carbocycles. The maximum absolute atomic E-state index is 11.8. The van der Waals surface area contributed by atoms with Gasteiger partial charge in [-0.05, 0) is 13.8 Å². The van der Waals surface area contributed by atoms with Crippen LogP contribution in [0.25, 0.3) is 0 Å². The fraction of sp³-hybridized carbons (Fsp3) is 0.556. The first kappa shape index (κ1) is 12.2. The lowest BCUT2D eigenvalue weighted by Crippen LogP contribution is -2.44. The summed E-state index contributed by atoms with van der Waals surface area (Å²) in [5.41, 5.74) is -1.16. The molecule has 7 heteroatoms. The van der Waals surface area contributed by atoms with Gasteiger partial charge in [0.15, 0.2) is 0 Å². The van der Waals surface area contributed by atoms with Gasteiger partial charge in [-0.1, -0.05) is 0 Å². The summed E-state index contributed by atoms with van der Waals surface area (Å²) in [6.45, 7) is 3.25. The summed E-state index contributed by atoms with van der Waals surface area (Å²) in [4.78, 5) is 34.3. The Morgan fingerprint density at radius 3 is 2.62 bits per heavy atom. The Bertz CT molecular complexity index is 500. The maximum atomic E-state index is 11.8. The van der Waals surface area contributed by atoms with E-state index in [4.69, 9.17) is 0 Å². The topological polar surface area (TPSA) is 86.0 Å².